The lowest BCUT2D eigenvalue weighted by molar-refractivity contribution is 0.446. The van der Waals surface area contributed by atoms with Crippen LogP contribution in [-0.4, -0.2) is 56.8 Å². The molecule has 9 rings (SSSR count). The van der Waals surface area contributed by atoms with Crippen LogP contribution >= 0.6 is 14.1 Å². The Morgan fingerprint density at radius 1 is 0.345 bits per heavy atom. The molecule has 9 aliphatic rings. The number of hydrogen-bond donors (Lipinski definition) is 0. The smallest absolute Gasteiger partial charge is 0.0669 e. The highest BCUT2D eigenvalue weighted by molar-refractivity contribution is 7.69. The minimum atomic E-state index is -1.57. The van der Waals surface area contributed by atoms with Crippen molar-refractivity contribution >= 4 is 14.1 Å². The lowest BCUT2D eigenvalue weighted by Crippen LogP contribution is -2.32. The first-order chi connectivity index (χ1) is 27.2. The Morgan fingerprint density at radius 3 is 0.855 bits per heavy atom. The summed E-state index contributed by atoms with van der Waals surface area (Å²) in [7, 11) is -3.13. The Bertz CT molecular complexity index is 1360. The van der Waals surface area contributed by atoms with Gasteiger partial charge in [-0.2, -0.15) is 0 Å². The number of fused-ring (bicyclic) bond motifs is 2. The largest absolute Gasteiger partial charge is 0.346 e. The van der Waals surface area contributed by atoms with Crippen LogP contribution in [0.2, 0.25) is 0 Å². The number of rotatable bonds is 8. The lowest BCUT2D eigenvalue weighted by atomic mass is 9.99. The molecule has 0 amide bonds. The van der Waals surface area contributed by atoms with Crippen molar-refractivity contribution in [2.75, 3.05) is 13.1 Å². The molecular formula is C49H78N4P2. The predicted octanol–water partition coefficient (Wildman–Crippen LogP) is 15.4. The summed E-state index contributed by atoms with van der Waals surface area (Å²) in [6.07, 6.45) is 59.9. The van der Waals surface area contributed by atoms with Crippen LogP contribution in [0, 0.1) is 0 Å². The van der Waals surface area contributed by atoms with Crippen LogP contribution in [0.25, 0.3) is 0 Å². The Labute approximate surface area is 337 Å². The molecule has 0 unspecified atom stereocenters. The van der Waals surface area contributed by atoms with Gasteiger partial charge < -0.3 is 9.80 Å². The molecule has 6 fully saturated rings. The molecule has 0 aromatic carbocycles. The van der Waals surface area contributed by atoms with Crippen LogP contribution in [-0.2, 0) is 0 Å². The maximum absolute atomic E-state index is 6.41. The summed E-state index contributed by atoms with van der Waals surface area (Å²) in [4.78, 5) is 5.21. The van der Waals surface area contributed by atoms with Crippen LogP contribution < -0.4 is 0 Å². The van der Waals surface area contributed by atoms with Crippen LogP contribution in [0.4, 0.5) is 0 Å². The molecule has 3 aliphatic heterocycles. The molecule has 0 radical (unpaired) electrons. The molecule has 6 heteroatoms. The zero-order valence-electron chi connectivity index (χ0n) is 34.9. The van der Waals surface area contributed by atoms with Crippen LogP contribution in [0.1, 0.15) is 199 Å². The molecule has 0 bridgehead atoms. The van der Waals surface area contributed by atoms with Crippen molar-refractivity contribution < 1.29 is 0 Å². The summed E-state index contributed by atoms with van der Waals surface area (Å²) < 4.78 is 12.8. The minimum absolute atomic E-state index is 0.877. The monoisotopic (exact) mass is 785 g/mol. The average Bonchev–Trinajstić information content (AvgIpc) is 3.45. The van der Waals surface area contributed by atoms with Gasteiger partial charge >= 0.3 is 0 Å². The van der Waals surface area contributed by atoms with Crippen molar-refractivity contribution in [2.45, 2.75) is 233 Å². The van der Waals surface area contributed by atoms with Gasteiger partial charge in [0.25, 0.3) is 0 Å². The van der Waals surface area contributed by atoms with E-state index in [-0.39, 0.29) is 0 Å². The summed E-state index contributed by atoms with van der Waals surface area (Å²) in [5, 5.41) is 0. The summed E-state index contributed by atoms with van der Waals surface area (Å²) in [6.45, 7) is 2.20. The quantitative estimate of drug-likeness (QED) is 0.230. The van der Waals surface area contributed by atoms with Gasteiger partial charge in [-0.15, -0.1) is 0 Å². The molecule has 0 N–H and O–H groups in total. The van der Waals surface area contributed by atoms with E-state index < -0.39 is 14.1 Å². The standard InChI is InChI=1S/C49H78N4P2/c1-7-20-42(21-8-1)54(43-22-9-2-10-23-43,44-24-11-3-12-25-44)50-40-32-36-52-34-19-35-53-37-33-41(39-49(53)48(52)38-40)51-55(45-26-13-4-14-27-45,46-28-15-5-16-29-46)47-30-17-6-18-31-47/h32-33,36-39,42-47H,1-31,34-35H2. The van der Waals surface area contributed by atoms with Gasteiger partial charge in [0, 0.05) is 25.5 Å². The molecule has 3 heterocycles. The van der Waals surface area contributed by atoms with Crippen molar-refractivity contribution in [1.82, 2.24) is 9.80 Å². The normalized spacial score (nSPS) is 28.0. The summed E-state index contributed by atoms with van der Waals surface area (Å²) in [6, 6.07) is 0. The van der Waals surface area contributed by atoms with Crippen molar-refractivity contribution in [3.8, 4) is 0 Å². The van der Waals surface area contributed by atoms with E-state index in [1.54, 1.807) is 0 Å². The van der Waals surface area contributed by atoms with Gasteiger partial charge in [-0.25, -0.2) is 0 Å². The zero-order chi connectivity index (χ0) is 36.9. The molecule has 6 aliphatic carbocycles. The second-order valence-corrected chi connectivity index (χ2v) is 27.8. The molecule has 55 heavy (non-hydrogen) atoms. The van der Waals surface area contributed by atoms with Crippen molar-refractivity contribution in [3.05, 3.63) is 59.5 Å². The Kier molecular flexibility index (Phi) is 13.1. The Balaban J connectivity index is 1.17. The second kappa shape index (κ2) is 18.4. The van der Waals surface area contributed by atoms with Gasteiger partial charge in [-0.05, 0) is 156 Å². The van der Waals surface area contributed by atoms with Gasteiger partial charge in [0.1, 0.15) is 0 Å². The number of allylic oxidation sites excluding steroid dienone is 4. The minimum Gasteiger partial charge on any atom is -0.346 e. The maximum Gasteiger partial charge on any atom is 0.0669 e. The van der Waals surface area contributed by atoms with E-state index in [9.17, 15) is 0 Å². The first kappa shape index (κ1) is 39.2. The van der Waals surface area contributed by atoms with E-state index in [1.165, 1.54) is 222 Å². The van der Waals surface area contributed by atoms with E-state index >= 15 is 0 Å². The van der Waals surface area contributed by atoms with Crippen LogP contribution in [0.15, 0.2) is 69.0 Å². The number of hydrogen-bond acceptors (Lipinski definition) is 4. The van der Waals surface area contributed by atoms with Crippen molar-refractivity contribution in [2.24, 2.45) is 9.49 Å². The molecule has 0 aromatic rings. The van der Waals surface area contributed by atoms with Crippen LogP contribution in [0.3, 0.4) is 0 Å². The third kappa shape index (κ3) is 8.20. The first-order valence-corrected chi connectivity index (χ1v) is 28.4. The summed E-state index contributed by atoms with van der Waals surface area (Å²) >= 11 is 0. The third-order valence-corrected chi connectivity index (χ3v) is 27.9. The van der Waals surface area contributed by atoms with Gasteiger partial charge in [0.15, 0.2) is 0 Å². The molecule has 0 saturated heterocycles. The fourth-order valence-corrected chi connectivity index (χ4v) is 26.8. The van der Waals surface area contributed by atoms with E-state index in [0.29, 0.717) is 0 Å². The van der Waals surface area contributed by atoms with Gasteiger partial charge in [-0.1, -0.05) is 116 Å². The second-order valence-electron chi connectivity index (χ2n) is 19.8. The lowest BCUT2D eigenvalue weighted by Gasteiger charge is -2.49. The molecular weight excluding hydrogens is 707 g/mol. The Hall–Kier alpha value is -1.24. The van der Waals surface area contributed by atoms with Gasteiger partial charge in [0.05, 0.1) is 22.8 Å². The third-order valence-electron chi connectivity index (χ3n) is 16.6. The van der Waals surface area contributed by atoms with Crippen LogP contribution in [0.5, 0.6) is 0 Å². The van der Waals surface area contributed by atoms with E-state index in [2.05, 4.69) is 46.5 Å². The molecule has 0 atom stereocenters. The SMILES string of the molecule is C1=CN2CCCN3C=CC(N=P(C4CCCCC4)(C4CCCCC4)C4CCCCC4)=CC3=C2C=C1N=P(C1CCCCC1)(C1CCCCC1)C1CCCCC1. The fourth-order valence-electron chi connectivity index (χ4n) is 14.1. The highest BCUT2D eigenvalue weighted by Gasteiger charge is 2.46. The van der Waals surface area contributed by atoms with E-state index in [4.69, 9.17) is 9.49 Å². The fraction of sp³-hybridized carbons (Fsp3) is 0.796. The number of nitrogens with zero attached hydrogens (tertiary/aromatic N) is 4. The van der Waals surface area contributed by atoms with Crippen molar-refractivity contribution in [3.63, 3.8) is 0 Å². The summed E-state index contributed by atoms with van der Waals surface area (Å²) in [5.41, 5.74) is 10.8. The van der Waals surface area contributed by atoms with E-state index in [0.717, 1.165) is 47.0 Å². The Morgan fingerprint density at radius 2 is 0.600 bits per heavy atom. The zero-order valence-corrected chi connectivity index (χ0v) is 36.7. The molecule has 0 aromatic heterocycles. The molecule has 0 spiro atoms. The summed E-state index contributed by atoms with van der Waals surface area (Å²) in [5.74, 6) is 0. The molecule has 6 saturated carbocycles. The van der Waals surface area contributed by atoms with Crippen molar-refractivity contribution in [1.29, 1.82) is 0 Å². The van der Waals surface area contributed by atoms with Gasteiger partial charge in [0.2, 0.25) is 0 Å². The topological polar surface area (TPSA) is 31.2 Å². The first-order valence-electron chi connectivity index (χ1n) is 24.5. The predicted molar refractivity (Wildman–Crippen MR) is 239 cm³/mol. The van der Waals surface area contributed by atoms with Gasteiger partial charge in [-0.3, -0.25) is 9.49 Å². The molecule has 4 nitrogen and oxygen atoms in total. The highest BCUT2D eigenvalue weighted by Crippen LogP contribution is 2.73. The highest BCUT2D eigenvalue weighted by atomic mass is 31.2. The average molecular weight is 785 g/mol. The molecule has 304 valence electrons. The maximum atomic E-state index is 6.41. The van der Waals surface area contributed by atoms with E-state index in [1.807, 2.05) is 0 Å².